The van der Waals surface area contributed by atoms with Crippen molar-refractivity contribution in [2.45, 2.75) is 83.5 Å². The molecule has 154 valence electrons. The first-order valence-corrected chi connectivity index (χ1v) is 12.4. The first-order chi connectivity index (χ1) is 12.0. The second kappa shape index (κ2) is 13.9. The quantitative estimate of drug-likeness (QED) is 0.173. The molecule has 0 spiro atoms. The lowest BCUT2D eigenvalue weighted by molar-refractivity contribution is -0.128. The van der Waals surface area contributed by atoms with Gasteiger partial charge in [0, 0.05) is 14.1 Å². The summed E-state index contributed by atoms with van der Waals surface area (Å²) in [6, 6.07) is 0. The first kappa shape index (κ1) is 26.9. The zero-order valence-electron chi connectivity index (χ0n) is 15.8. The number of halogens is 4. The Morgan fingerprint density at radius 2 is 1.00 bits per heavy atom. The number of nitrogens with zero attached hydrogens (tertiary/aromatic N) is 1. The largest absolute Gasteiger partial charge is 0.368 e. The molecule has 0 rings (SSSR count). The number of primary amides is 1. The Morgan fingerprint density at radius 3 is 1.31 bits per heavy atom. The average Bonchev–Trinajstić information content (AvgIpc) is 2.54. The molecule has 0 aliphatic rings. The van der Waals surface area contributed by atoms with Crippen LogP contribution in [0.3, 0.4) is 0 Å². The molecule has 0 aromatic carbocycles. The summed E-state index contributed by atoms with van der Waals surface area (Å²) in [5, 5.41) is 0. The van der Waals surface area contributed by atoms with Crippen LogP contribution in [0.1, 0.15) is 77.0 Å². The van der Waals surface area contributed by atoms with Crippen LogP contribution in [0.5, 0.6) is 0 Å². The lowest BCUT2D eigenvalue weighted by Gasteiger charge is -2.23. The normalized spacial score (nSPS) is 12.2. The number of amides is 2. The van der Waals surface area contributed by atoms with Crippen LogP contribution in [-0.2, 0) is 9.59 Å². The van der Waals surface area contributed by atoms with Crippen molar-refractivity contribution in [2.75, 3.05) is 14.1 Å². The number of hydrogen-bond acceptors (Lipinski definition) is 2. The second-order valence-electron chi connectivity index (χ2n) is 7.01. The summed E-state index contributed by atoms with van der Waals surface area (Å²) in [6.45, 7) is 0. The molecule has 0 unspecified atom stereocenters. The summed E-state index contributed by atoms with van der Waals surface area (Å²) in [7, 11) is 3.54. The number of hydrogen-bond donors (Lipinski definition) is 1. The maximum Gasteiger partial charge on any atom is 0.249 e. The summed E-state index contributed by atoms with van der Waals surface area (Å²) in [5.41, 5.74) is 5.30. The third kappa shape index (κ3) is 12.3. The van der Waals surface area contributed by atoms with Crippen molar-refractivity contribution in [1.29, 1.82) is 0 Å². The summed E-state index contributed by atoms with van der Waals surface area (Å²) in [6.07, 6.45) is 13.3. The zero-order chi connectivity index (χ0) is 20.2. The highest BCUT2D eigenvalue weighted by atomic mass is 79.9. The molecule has 0 aromatic rings. The number of unbranched alkanes of at least 4 members (excludes halogenated alkanes) is 9. The molecule has 0 heterocycles. The minimum atomic E-state index is -0.737. The Labute approximate surface area is 192 Å². The van der Waals surface area contributed by atoms with Crippen molar-refractivity contribution in [1.82, 2.24) is 4.90 Å². The van der Waals surface area contributed by atoms with E-state index in [4.69, 9.17) is 5.73 Å². The molecule has 0 atom stereocenters. The smallest absolute Gasteiger partial charge is 0.249 e. The van der Waals surface area contributed by atoms with Gasteiger partial charge in [-0.2, -0.15) is 0 Å². The van der Waals surface area contributed by atoms with Crippen molar-refractivity contribution < 1.29 is 9.59 Å². The Balaban J connectivity index is 3.50. The Bertz CT molecular complexity index is 429. The Hall–Kier alpha value is 0.860. The zero-order valence-corrected chi connectivity index (χ0v) is 22.2. The van der Waals surface area contributed by atoms with Gasteiger partial charge in [0.05, 0.1) is 0 Å². The fourth-order valence-corrected chi connectivity index (χ4v) is 4.50. The van der Waals surface area contributed by atoms with Gasteiger partial charge in [-0.1, -0.05) is 128 Å². The van der Waals surface area contributed by atoms with Gasteiger partial charge < -0.3 is 10.6 Å². The molecular weight excluding hydrogens is 596 g/mol. The molecule has 0 radical (unpaired) electrons. The molecule has 0 aliphatic heterocycles. The number of rotatable bonds is 15. The molecule has 0 saturated carbocycles. The van der Waals surface area contributed by atoms with E-state index in [0.29, 0.717) is 0 Å². The molecule has 0 bridgehead atoms. The van der Waals surface area contributed by atoms with Crippen LogP contribution in [0.15, 0.2) is 0 Å². The van der Waals surface area contributed by atoms with Crippen LogP contribution in [-0.4, -0.2) is 37.3 Å². The number of alkyl halides is 4. The minimum Gasteiger partial charge on any atom is -0.368 e. The van der Waals surface area contributed by atoms with Crippen molar-refractivity contribution in [3.63, 3.8) is 0 Å². The summed E-state index contributed by atoms with van der Waals surface area (Å²) >= 11 is 13.6. The molecule has 8 heteroatoms. The van der Waals surface area contributed by atoms with E-state index in [1.165, 1.54) is 38.5 Å². The number of nitrogens with two attached hydrogens (primary N) is 1. The van der Waals surface area contributed by atoms with Gasteiger partial charge in [0.15, 0.2) is 6.47 Å². The summed E-state index contributed by atoms with van der Waals surface area (Å²) in [4.78, 5) is 24.7. The van der Waals surface area contributed by atoms with E-state index >= 15 is 0 Å². The topological polar surface area (TPSA) is 63.4 Å². The molecule has 4 nitrogen and oxygen atoms in total. The van der Waals surface area contributed by atoms with Gasteiger partial charge in [-0.15, -0.1) is 0 Å². The highest BCUT2D eigenvalue weighted by molar-refractivity contribution is 9.26. The maximum atomic E-state index is 12.0. The van der Waals surface area contributed by atoms with E-state index in [1.807, 2.05) is 0 Å². The van der Waals surface area contributed by atoms with Crippen molar-refractivity contribution in [3.8, 4) is 0 Å². The highest BCUT2D eigenvalue weighted by Gasteiger charge is 2.32. The fraction of sp³-hybridized carbons (Fsp3) is 0.889. The van der Waals surface area contributed by atoms with Crippen LogP contribution in [0.4, 0.5) is 0 Å². The third-order valence-corrected chi connectivity index (χ3v) is 7.36. The summed E-state index contributed by atoms with van der Waals surface area (Å²) < 4.78 is -1.35. The van der Waals surface area contributed by atoms with E-state index in [-0.39, 0.29) is 11.8 Å². The molecule has 0 aromatic heterocycles. The molecule has 2 amide bonds. The van der Waals surface area contributed by atoms with Gasteiger partial charge in [-0.05, 0) is 12.8 Å². The Morgan fingerprint density at radius 1 is 0.692 bits per heavy atom. The summed E-state index contributed by atoms with van der Waals surface area (Å²) in [5.74, 6) is -0.300. The molecule has 0 aliphatic carbocycles. The van der Waals surface area contributed by atoms with Gasteiger partial charge in [0.1, 0.15) is 0 Å². The van der Waals surface area contributed by atoms with E-state index < -0.39 is 6.47 Å². The minimum absolute atomic E-state index is 0.0605. The number of carbonyl (C=O) groups is 2. The van der Waals surface area contributed by atoms with Gasteiger partial charge >= 0.3 is 0 Å². The monoisotopic (exact) mass is 624 g/mol. The molecule has 0 fully saturated rings. The van der Waals surface area contributed by atoms with Gasteiger partial charge in [0.2, 0.25) is 11.8 Å². The van der Waals surface area contributed by atoms with Crippen molar-refractivity contribution in [3.05, 3.63) is 0 Å². The van der Waals surface area contributed by atoms with E-state index in [1.54, 1.807) is 19.0 Å². The van der Waals surface area contributed by atoms with E-state index in [9.17, 15) is 9.59 Å². The van der Waals surface area contributed by atoms with Crippen LogP contribution in [0.2, 0.25) is 0 Å². The van der Waals surface area contributed by atoms with Crippen molar-refractivity contribution >= 4 is 75.5 Å². The first-order valence-electron chi connectivity index (χ1n) is 9.28. The fourth-order valence-electron chi connectivity index (χ4n) is 2.67. The number of carbonyl (C=O) groups excluding carboxylic acids is 2. The van der Waals surface area contributed by atoms with Crippen molar-refractivity contribution in [2.24, 2.45) is 5.73 Å². The highest BCUT2D eigenvalue weighted by Crippen LogP contribution is 2.34. The van der Waals surface area contributed by atoms with Gasteiger partial charge in [-0.3, -0.25) is 9.59 Å². The van der Waals surface area contributed by atoms with Gasteiger partial charge in [-0.25, -0.2) is 0 Å². The SMILES string of the molecule is CN(C)C(=O)C(Br)(Br)CCCCCCCCCCCCC(Br)(Br)C(N)=O. The lowest BCUT2D eigenvalue weighted by atomic mass is 10.0. The van der Waals surface area contributed by atoms with Crippen LogP contribution >= 0.6 is 63.7 Å². The third-order valence-electron chi connectivity index (χ3n) is 4.31. The molecular formula is C18H32Br4N2O2. The van der Waals surface area contributed by atoms with E-state index in [0.717, 1.165) is 38.5 Å². The molecule has 0 saturated heterocycles. The predicted octanol–water partition coefficient (Wildman–Crippen LogP) is 6.21. The van der Waals surface area contributed by atoms with Gasteiger partial charge in [0.25, 0.3) is 0 Å². The maximum absolute atomic E-state index is 12.0. The predicted molar refractivity (Wildman–Crippen MR) is 124 cm³/mol. The molecule has 26 heavy (non-hydrogen) atoms. The molecule has 2 N–H and O–H groups in total. The lowest BCUT2D eigenvalue weighted by Crippen LogP contribution is -2.36. The second-order valence-corrected chi connectivity index (χ2v) is 14.6. The van der Waals surface area contributed by atoms with Crippen LogP contribution < -0.4 is 5.73 Å². The van der Waals surface area contributed by atoms with Crippen LogP contribution in [0, 0.1) is 0 Å². The average molecular weight is 628 g/mol. The standard InChI is InChI=1S/C18H32Br4N2O2/c1-24(2)16(26)18(21,22)14-12-10-8-6-4-3-5-7-9-11-13-17(19,20)15(23)25/h3-14H2,1-2H3,(H2,23,25). The Kier molecular flexibility index (Phi) is 14.4. The van der Waals surface area contributed by atoms with Crippen LogP contribution in [0.25, 0.3) is 0 Å². The van der Waals surface area contributed by atoms with E-state index in [2.05, 4.69) is 63.7 Å².